The van der Waals surface area contributed by atoms with Crippen LogP contribution in [0, 0.1) is 12.8 Å². The molecule has 0 aromatic carbocycles. The lowest BCUT2D eigenvalue weighted by atomic mass is 9.99. The summed E-state index contributed by atoms with van der Waals surface area (Å²) >= 11 is 0. The zero-order valence-corrected chi connectivity index (χ0v) is 15.4. The summed E-state index contributed by atoms with van der Waals surface area (Å²) in [7, 11) is 0. The normalized spacial score (nSPS) is 23.4. The van der Waals surface area contributed by atoms with Crippen molar-refractivity contribution in [1.29, 1.82) is 0 Å². The molecule has 2 heterocycles. The van der Waals surface area contributed by atoms with Gasteiger partial charge >= 0.3 is 0 Å². The third kappa shape index (κ3) is 5.27. The molecule has 1 aliphatic rings. The summed E-state index contributed by atoms with van der Waals surface area (Å²) in [6, 6.07) is -0.121. The van der Waals surface area contributed by atoms with Gasteiger partial charge in [0.15, 0.2) is 5.82 Å². The van der Waals surface area contributed by atoms with Crippen LogP contribution in [0.5, 0.6) is 0 Å². The molecule has 1 aromatic heterocycles. The highest BCUT2D eigenvalue weighted by atomic mass is 16.5. The quantitative estimate of drug-likeness (QED) is 0.760. The van der Waals surface area contributed by atoms with Crippen molar-refractivity contribution in [2.45, 2.75) is 65.7 Å². The number of carbonyl (C=O) groups excluding carboxylic acids is 1. The van der Waals surface area contributed by atoms with E-state index in [0.29, 0.717) is 24.7 Å². The van der Waals surface area contributed by atoms with Gasteiger partial charge in [-0.3, -0.25) is 9.69 Å². The molecule has 0 aliphatic carbocycles. The maximum Gasteiger partial charge on any atom is 0.237 e. The van der Waals surface area contributed by atoms with E-state index in [1.807, 2.05) is 0 Å². The number of carbonyl (C=O) groups is 1. The molecule has 1 aliphatic heterocycles. The average molecular weight is 338 g/mol. The zero-order chi connectivity index (χ0) is 17.7. The molecule has 1 amide bonds. The third-order valence-electron chi connectivity index (χ3n) is 4.18. The molecule has 7 heteroatoms. The van der Waals surface area contributed by atoms with E-state index in [-0.39, 0.29) is 30.1 Å². The second-order valence-electron chi connectivity index (χ2n) is 7.03. The van der Waals surface area contributed by atoms with Crippen molar-refractivity contribution in [2.75, 3.05) is 19.6 Å². The summed E-state index contributed by atoms with van der Waals surface area (Å²) in [5.74, 6) is 1.61. The van der Waals surface area contributed by atoms with Gasteiger partial charge in [0.1, 0.15) is 0 Å². The van der Waals surface area contributed by atoms with E-state index in [2.05, 4.69) is 48.1 Å². The van der Waals surface area contributed by atoms with Crippen LogP contribution in [0.2, 0.25) is 0 Å². The first-order valence-electron chi connectivity index (χ1n) is 8.83. The van der Waals surface area contributed by atoms with E-state index < -0.39 is 0 Å². The van der Waals surface area contributed by atoms with Crippen molar-refractivity contribution in [2.24, 2.45) is 5.92 Å². The lowest BCUT2D eigenvalue weighted by Gasteiger charge is -2.41. The van der Waals surface area contributed by atoms with Crippen molar-refractivity contribution in [3.63, 3.8) is 0 Å². The zero-order valence-electron chi connectivity index (χ0n) is 15.4. The second kappa shape index (κ2) is 8.58. The van der Waals surface area contributed by atoms with Crippen molar-refractivity contribution < 1.29 is 14.1 Å². The SMILES string of the molecule is Cc1noc(CCCNC(=O)C(C(C)C)N2CC(C)OC(C)C2)n1. The van der Waals surface area contributed by atoms with Crippen LogP contribution in [0.3, 0.4) is 0 Å². The molecule has 1 aromatic rings. The number of aryl methyl sites for hydroxylation is 2. The van der Waals surface area contributed by atoms with Crippen LogP contribution in [-0.2, 0) is 16.0 Å². The first kappa shape index (κ1) is 18.9. The molecule has 7 nitrogen and oxygen atoms in total. The van der Waals surface area contributed by atoms with Crippen LogP contribution < -0.4 is 5.32 Å². The standard InChI is InChI=1S/C17H30N4O3/c1-11(2)16(21-9-12(3)23-13(4)10-21)17(22)18-8-6-7-15-19-14(5)20-24-15/h11-13,16H,6-10H2,1-5H3,(H,18,22). The maximum atomic E-state index is 12.7. The van der Waals surface area contributed by atoms with Crippen LogP contribution >= 0.6 is 0 Å². The lowest BCUT2D eigenvalue weighted by Crippen LogP contribution is -2.57. The van der Waals surface area contributed by atoms with Gasteiger partial charge in [0, 0.05) is 26.1 Å². The molecule has 0 spiro atoms. The monoisotopic (exact) mass is 338 g/mol. The molecule has 0 saturated carbocycles. The van der Waals surface area contributed by atoms with Crippen LogP contribution in [0.1, 0.15) is 45.8 Å². The Bertz CT molecular complexity index is 522. The van der Waals surface area contributed by atoms with Gasteiger partial charge in [-0.25, -0.2) is 0 Å². The minimum absolute atomic E-state index is 0.0907. The fourth-order valence-electron chi connectivity index (χ4n) is 3.33. The average Bonchev–Trinajstić information content (AvgIpc) is 2.88. The predicted octanol–water partition coefficient (Wildman–Crippen LogP) is 1.56. The Morgan fingerprint density at radius 3 is 2.54 bits per heavy atom. The molecular formula is C17H30N4O3. The van der Waals surface area contributed by atoms with Gasteiger partial charge in [0.25, 0.3) is 0 Å². The fraction of sp³-hybridized carbons (Fsp3) is 0.824. The van der Waals surface area contributed by atoms with E-state index in [4.69, 9.17) is 9.26 Å². The number of aromatic nitrogens is 2. The van der Waals surface area contributed by atoms with E-state index in [1.54, 1.807) is 6.92 Å². The van der Waals surface area contributed by atoms with Gasteiger partial charge in [-0.2, -0.15) is 4.98 Å². The first-order valence-corrected chi connectivity index (χ1v) is 8.83. The molecule has 1 fully saturated rings. The van der Waals surface area contributed by atoms with E-state index in [9.17, 15) is 4.79 Å². The Hall–Kier alpha value is -1.47. The van der Waals surface area contributed by atoms with Gasteiger partial charge in [0.05, 0.1) is 18.2 Å². The predicted molar refractivity (Wildman–Crippen MR) is 90.6 cm³/mol. The minimum Gasteiger partial charge on any atom is -0.373 e. The molecule has 1 N–H and O–H groups in total. The highest BCUT2D eigenvalue weighted by Gasteiger charge is 2.33. The Labute approximate surface area is 144 Å². The Kier molecular flexibility index (Phi) is 6.74. The smallest absolute Gasteiger partial charge is 0.237 e. The fourth-order valence-corrected chi connectivity index (χ4v) is 3.33. The van der Waals surface area contributed by atoms with Gasteiger partial charge in [0.2, 0.25) is 11.8 Å². The van der Waals surface area contributed by atoms with Crippen LogP contribution in [0.4, 0.5) is 0 Å². The number of nitrogens with zero attached hydrogens (tertiary/aromatic N) is 3. The second-order valence-corrected chi connectivity index (χ2v) is 7.03. The number of hydrogen-bond acceptors (Lipinski definition) is 6. The van der Waals surface area contributed by atoms with E-state index in [0.717, 1.165) is 19.5 Å². The highest BCUT2D eigenvalue weighted by Crippen LogP contribution is 2.18. The number of ether oxygens (including phenoxy) is 1. The highest BCUT2D eigenvalue weighted by molar-refractivity contribution is 5.82. The molecule has 2 rings (SSSR count). The summed E-state index contributed by atoms with van der Waals surface area (Å²) in [6.45, 7) is 12.3. The number of rotatable bonds is 7. The summed E-state index contributed by atoms with van der Waals surface area (Å²) < 4.78 is 10.9. The molecule has 24 heavy (non-hydrogen) atoms. The largest absolute Gasteiger partial charge is 0.373 e. The Morgan fingerprint density at radius 1 is 1.33 bits per heavy atom. The molecule has 1 saturated heterocycles. The number of amides is 1. The molecule has 3 atom stereocenters. The van der Waals surface area contributed by atoms with Crippen molar-refractivity contribution >= 4 is 5.91 Å². The van der Waals surface area contributed by atoms with Gasteiger partial charge in [-0.1, -0.05) is 19.0 Å². The van der Waals surface area contributed by atoms with Gasteiger partial charge in [-0.05, 0) is 33.1 Å². The third-order valence-corrected chi connectivity index (χ3v) is 4.18. The topological polar surface area (TPSA) is 80.5 Å². The molecule has 136 valence electrons. The van der Waals surface area contributed by atoms with E-state index >= 15 is 0 Å². The summed E-state index contributed by atoms with van der Waals surface area (Å²) in [6.07, 6.45) is 1.78. The van der Waals surface area contributed by atoms with E-state index in [1.165, 1.54) is 0 Å². The minimum atomic E-state index is -0.121. The van der Waals surface area contributed by atoms with Gasteiger partial charge in [-0.15, -0.1) is 0 Å². The molecule has 3 unspecified atom stereocenters. The molecule has 0 bridgehead atoms. The Balaban J connectivity index is 1.82. The van der Waals surface area contributed by atoms with Crippen molar-refractivity contribution in [3.05, 3.63) is 11.7 Å². The number of morpholine rings is 1. The molecular weight excluding hydrogens is 308 g/mol. The summed E-state index contributed by atoms with van der Waals surface area (Å²) in [5.41, 5.74) is 0. The van der Waals surface area contributed by atoms with Crippen molar-refractivity contribution in [3.8, 4) is 0 Å². The van der Waals surface area contributed by atoms with Crippen LogP contribution in [0.25, 0.3) is 0 Å². The van der Waals surface area contributed by atoms with Crippen LogP contribution in [0.15, 0.2) is 4.52 Å². The molecule has 0 radical (unpaired) electrons. The number of nitrogens with one attached hydrogen (secondary N) is 1. The van der Waals surface area contributed by atoms with Crippen molar-refractivity contribution in [1.82, 2.24) is 20.4 Å². The summed E-state index contributed by atoms with van der Waals surface area (Å²) in [4.78, 5) is 19.1. The Morgan fingerprint density at radius 2 is 2.00 bits per heavy atom. The first-order chi connectivity index (χ1) is 11.4. The van der Waals surface area contributed by atoms with Gasteiger partial charge < -0.3 is 14.6 Å². The maximum absolute atomic E-state index is 12.7. The van der Waals surface area contributed by atoms with Crippen LogP contribution in [-0.4, -0.2) is 58.8 Å². The number of hydrogen-bond donors (Lipinski definition) is 1. The summed E-state index contributed by atoms with van der Waals surface area (Å²) in [5, 5.41) is 6.82. The lowest BCUT2D eigenvalue weighted by molar-refractivity contribution is -0.135.